The Hall–Kier alpha value is -0.860. The molecule has 0 heterocycles. The molecule has 0 aromatic heterocycles. The molecule has 76 valence electrons. The fraction of sp³-hybridized carbons (Fsp3) is 0.800. The lowest BCUT2D eigenvalue weighted by Crippen LogP contribution is -2.00. The van der Waals surface area contributed by atoms with E-state index in [0.717, 1.165) is 25.0 Å². The van der Waals surface area contributed by atoms with Gasteiger partial charge in [0.1, 0.15) is 0 Å². The van der Waals surface area contributed by atoms with Gasteiger partial charge in [-0.3, -0.25) is 0 Å². The maximum atomic E-state index is 10.5. The number of oxime groups is 1. The molecule has 0 N–H and O–H groups in total. The molecule has 0 aliphatic carbocycles. The van der Waals surface area contributed by atoms with Crippen molar-refractivity contribution in [1.82, 2.24) is 0 Å². The van der Waals surface area contributed by atoms with Gasteiger partial charge >= 0.3 is 5.97 Å². The van der Waals surface area contributed by atoms with E-state index in [-0.39, 0.29) is 5.97 Å². The number of carbonyl (C=O) groups is 1. The van der Waals surface area contributed by atoms with Crippen LogP contribution < -0.4 is 0 Å². The molecule has 3 nitrogen and oxygen atoms in total. The standard InChI is InChI=1S/C10H19NO2/c1-4-6-7-8-10(5-2)11-13-9(3)12/h4-8H2,1-3H3. The summed E-state index contributed by atoms with van der Waals surface area (Å²) in [6.45, 7) is 5.55. The van der Waals surface area contributed by atoms with Gasteiger partial charge in [0.25, 0.3) is 0 Å². The average Bonchev–Trinajstić information content (AvgIpc) is 2.10. The molecule has 0 amide bonds. The summed E-state index contributed by atoms with van der Waals surface area (Å²) in [7, 11) is 0. The van der Waals surface area contributed by atoms with Crippen molar-refractivity contribution in [2.75, 3.05) is 0 Å². The fourth-order valence-electron chi connectivity index (χ4n) is 0.995. The van der Waals surface area contributed by atoms with Gasteiger partial charge in [0, 0.05) is 6.92 Å². The number of hydrogen-bond acceptors (Lipinski definition) is 3. The van der Waals surface area contributed by atoms with Gasteiger partial charge in [0.15, 0.2) is 0 Å². The van der Waals surface area contributed by atoms with Crippen LogP contribution in [0.2, 0.25) is 0 Å². The van der Waals surface area contributed by atoms with E-state index < -0.39 is 0 Å². The third-order valence-electron chi connectivity index (χ3n) is 1.78. The first-order valence-electron chi connectivity index (χ1n) is 4.94. The normalized spacial score (nSPS) is 11.5. The first-order valence-corrected chi connectivity index (χ1v) is 4.94. The Balaban J connectivity index is 3.73. The molecule has 0 aromatic rings. The van der Waals surface area contributed by atoms with Gasteiger partial charge in [-0.2, -0.15) is 0 Å². The van der Waals surface area contributed by atoms with Crippen LogP contribution in [0.15, 0.2) is 5.16 Å². The number of nitrogens with zero attached hydrogens (tertiary/aromatic N) is 1. The smallest absolute Gasteiger partial charge is 0.319 e. The molecule has 0 fully saturated rings. The van der Waals surface area contributed by atoms with Crippen LogP contribution in [-0.4, -0.2) is 11.7 Å². The van der Waals surface area contributed by atoms with Crippen molar-refractivity contribution in [3.8, 4) is 0 Å². The molecule has 0 aliphatic heterocycles. The van der Waals surface area contributed by atoms with Gasteiger partial charge in [0.05, 0.1) is 5.71 Å². The molecule has 13 heavy (non-hydrogen) atoms. The first kappa shape index (κ1) is 12.1. The van der Waals surface area contributed by atoms with Crippen LogP contribution >= 0.6 is 0 Å². The van der Waals surface area contributed by atoms with E-state index in [4.69, 9.17) is 0 Å². The Kier molecular flexibility index (Phi) is 7.26. The van der Waals surface area contributed by atoms with E-state index in [9.17, 15) is 4.79 Å². The molecule has 3 heteroatoms. The lowest BCUT2D eigenvalue weighted by atomic mass is 10.1. The van der Waals surface area contributed by atoms with Crippen molar-refractivity contribution in [3.63, 3.8) is 0 Å². The molecule has 0 unspecified atom stereocenters. The van der Waals surface area contributed by atoms with Crippen molar-refractivity contribution in [1.29, 1.82) is 0 Å². The van der Waals surface area contributed by atoms with E-state index >= 15 is 0 Å². The van der Waals surface area contributed by atoms with E-state index in [1.807, 2.05) is 6.92 Å². The summed E-state index contributed by atoms with van der Waals surface area (Å²) in [5.41, 5.74) is 0.976. The molecule has 0 saturated carbocycles. The minimum atomic E-state index is -0.346. The third-order valence-corrected chi connectivity index (χ3v) is 1.78. The third kappa shape index (κ3) is 7.50. The molecule has 0 rings (SSSR count). The molecule has 0 saturated heterocycles. The minimum Gasteiger partial charge on any atom is -0.319 e. The monoisotopic (exact) mass is 185 g/mol. The lowest BCUT2D eigenvalue weighted by Gasteiger charge is -2.01. The van der Waals surface area contributed by atoms with Crippen LogP contribution in [0.5, 0.6) is 0 Å². The van der Waals surface area contributed by atoms with Gasteiger partial charge < -0.3 is 4.84 Å². The molecule has 0 atom stereocenters. The summed E-state index contributed by atoms with van der Waals surface area (Å²) in [6.07, 6.45) is 5.34. The second kappa shape index (κ2) is 7.77. The van der Waals surface area contributed by atoms with Crippen LogP contribution in [0, 0.1) is 0 Å². The number of carbonyl (C=O) groups excluding carboxylic acids is 1. The summed E-state index contributed by atoms with van der Waals surface area (Å²) in [5.74, 6) is -0.346. The van der Waals surface area contributed by atoms with Crippen LogP contribution in [0.3, 0.4) is 0 Å². The van der Waals surface area contributed by atoms with Crippen molar-refractivity contribution in [3.05, 3.63) is 0 Å². The Labute approximate surface area is 80.1 Å². The van der Waals surface area contributed by atoms with Gasteiger partial charge in [0.2, 0.25) is 0 Å². The van der Waals surface area contributed by atoms with E-state index in [1.165, 1.54) is 19.8 Å². The molecule has 0 aromatic carbocycles. The second-order valence-corrected chi connectivity index (χ2v) is 3.05. The highest BCUT2D eigenvalue weighted by Gasteiger charge is 1.98. The lowest BCUT2D eigenvalue weighted by molar-refractivity contribution is -0.140. The van der Waals surface area contributed by atoms with Gasteiger partial charge in [-0.15, -0.1) is 0 Å². The van der Waals surface area contributed by atoms with Gasteiger partial charge in [-0.25, -0.2) is 4.79 Å². The number of rotatable bonds is 6. The van der Waals surface area contributed by atoms with Crippen molar-refractivity contribution in [2.45, 2.75) is 52.9 Å². The molecule has 0 radical (unpaired) electrons. The predicted molar refractivity (Wildman–Crippen MR) is 53.6 cm³/mol. The SMILES string of the molecule is CCCCCC(CC)=NOC(C)=O. The second-order valence-electron chi connectivity index (χ2n) is 3.05. The number of unbranched alkanes of at least 4 members (excludes halogenated alkanes) is 2. The molecule has 0 aliphatic rings. The van der Waals surface area contributed by atoms with Crippen LogP contribution in [0.4, 0.5) is 0 Å². The summed E-state index contributed by atoms with van der Waals surface area (Å²) >= 11 is 0. The summed E-state index contributed by atoms with van der Waals surface area (Å²) in [5, 5.41) is 3.78. The molecule has 0 bridgehead atoms. The average molecular weight is 185 g/mol. The summed E-state index contributed by atoms with van der Waals surface area (Å²) < 4.78 is 0. The zero-order valence-electron chi connectivity index (χ0n) is 8.80. The zero-order valence-corrected chi connectivity index (χ0v) is 8.80. The van der Waals surface area contributed by atoms with E-state index in [1.54, 1.807) is 0 Å². The van der Waals surface area contributed by atoms with E-state index in [2.05, 4.69) is 16.9 Å². The van der Waals surface area contributed by atoms with Crippen molar-refractivity contribution >= 4 is 11.7 Å². The highest BCUT2D eigenvalue weighted by atomic mass is 16.7. The maximum Gasteiger partial charge on any atom is 0.331 e. The maximum absolute atomic E-state index is 10.5. The Bertz CT molecular complexity index is 176. The Morgan fingerprint density at radius 3 is 2.46 bits per heavy atom. The highest BCUT2D eigenvalue weighted by molar-refractivity contribution is 5.84. The summed E-state index contributed by atoms with van der Waals surface area (Å²) in [4.78, 5) is 15.0. The summed E-state index contributed by atoms with van der Waals surface area (Å²) in [6, 6.07) is 0. The zero-order chi connectivity index (χ0) is 10.1. The topological polar surface area (TPSA) is 38.7 Å². The molecule has 0 spiro atoms. The predicted octanol–water partition coefficient (Wildman–Crippen LogP) is 2.90. The van der Waals surface area contributed by atoms with Crippen molar-refractivity contribution in [2.24, 2.45) is 5.16 Å². The van der Waals surface area contributed by atoms with Gasteiger partial charge in [-0.05, 0) is 19.3 Å². The Morgan fingerprint density at radius 2 is 2.00 bits per heavy atom. The quantitative estimate of drug-likeness (QED) is 0.276. The fourth-order valence-corrected chi connectivity index (χ4v) is 0.995. The van der Waals surface area contributed by atoms with Crippen LogP contribution in [0.25, 0.3) is 0 Å². The Morgan fingerprint density at radius 1 is 1.31 bits per heavy atom. The van der Waals surface area contributed by atoms with Gasteiger partial charge in [-0.1, -0.05) is 31.8 Å². The number of hydrogen-bond donors (Lipinski definition) is 0. The molecular formula is C10H19NO2. The van der Waals surface area contributed by atoms with Crippen LogP contribution in [0.1, 0.15) is 52.9 Å². The first-order chi connectivity index (χ1) is 6.20. The van der Waals surface area contributed by atoms with Crippen LogP contribution in [-0.2, 0) is 9.63 Å². The highest BCUT2D eigenvalue weighted by Crippen LogP contribution is 2.03. The largest absolute Gasteiger partial charge is 0.331 e. The minimum absolute atomic E-state index is 0.346. The van der Waals surface area contributed by atoms with E-state index in [0.29, 0.717) is 0 Å². The molecular weight excluding hydrogens is 166 g/mol. The van der Waals surface area contributed by atoms with Crippen molar-refractivity contribution < 1.29 is 9.63 Å².